The predicted octanol–water partition coefficient (Wildman–Crippen LogP) is 3.86. The topological polar surface area (TPSA) is 68.3 Å². The van der Waals surface area contributed by atoms with Crippen molar-refractivity contribution >= 4 is 5.84 Å². The number of methoxy groups -OCH3 is 1. The smallest absolute Gasteiger partial charge is 0.130 e. The van der Waals surface area contributed by atoms with Gasteiger partial charge in [-0.2, -0.15) is 0 Å². The number of amidine groups is 1. The first-order chi connectivity index (χ1) is 10.2. The molecule has 0 saturated heterocycles. The van der Waals surface area contributed by atoms with E-state index >= 15 is 0 Å². The minimum absolute atomic E-state index is 0.0198. The average molecular weight is 292 g/mol. The molecule has 1 aromatic carbocycles. The number of nitrogen functional groups attached to an aromatic ring is 1. The van der Waals surface area contributed by atoms with Crippen LogP contribution in [-0.2, 0) is 11.3 Å². The summed E-state index contributed by atoms with van der Waals surface area (Å²) in [5.41, 5.74) is 7.17. The van der Waals surface area contributed by atoms with Gasteiger partial charge in [0, 0.05) is 6.61 Å². The molecule has 0 aliphatic heterocycles. The molecule has 0 aromatic heterocycles. The van der Waals surface area contributed by atoms with Gasteiger partial charge in [-0.1, -0.05) is 45.1 Å². The number of hydrogen-bond acceptors (Lipinski definition) is 3. The van der Waals surface area contributed by atoms with E-state index < -0.39 is 0 Å². The molecule has 3 N–H and O–H groups in total. The lowest BCUT2D eigenvalue weighted by Crippen LogP contribution is -2.12. The van der Waals surface area contributed by atoms with Crippen LogP contribution < -0.4 is 10.5 Å². The highest BCUT2D eigenvalue weighted by Crippen LogP contribution is 2.20. The number of nitrogens with two attached hydrogens (primary N) is 1. The molecule has 1 aromatic rings. The van der Waals surface area contributed by atoms with Crippen molar-refractivity contribution in [1.29, 1.82) is 5.41 Å². The molecule has 0 saturated carbocycles. The monoisotopic (exact) mass is 292 g/mol. The summed E-state index contributed by atoms with van der Waals surface area (Å²) in [6, 6.07) is 5.63. The van der Waals surface area contributed by atoms with Crippen molar-refractivity contribution in [2.45, 2.75) is 52.1 Å². The predicted molar refractivity (Wildman–Crippen MR) is 87.0 cm³/mol. The molecule has 0 spiro atoms. The molecule has 0 aliphatic rings. The summed E-state index contributed by atoms with van der Waals surface area (Å²) < 4.78 is 10.9. The second-order valence-corrected chi connectivity index (χ2v) is 5.27. The molecular weight excluding hydrogens is 264 g/mol. The lowest BCUT2D eigenvalue weighted by Gasteiger charge is -2.10. The molecule has 0 fully saturated rings. The van der Waals surface area contributed by atoms with Gasteiger partial charge < -0.3 is 15.2 Å². The second kappa shape index (κ2) is 10.2. The lowest BCUT2D eigenvalue weighted by atomic mass is 10.1. The molecule has 0 radical (unpaired) electrons. The molecule has 0 amide bonds. The van der Waals surface area contributed by atoms with Crippen molar-refractivity contribution in [3.05, 3.63) is 29.3 Å². The largest absolute Gasteiger partial charge is 0.496 e. The molecule has 118 valence electrons. The van der Waals surface area contributed by atoms with Gasteiger partial charge in [0.25, 0.3) is 0 Å². The van der Waals surface area contributed by atoms with Gasteiger partial charge in [0.2, 0.25) is 0 Å². The van der Waals surface area contributed by atoms with Crippen LogP contribution in [0.2, 0.25) is 0 Å². The van der Waals surface area contributed by atoms with E-state index in [1.807, 2.05) is 18.2 Å². The molecule has 0 aliphatic carbocycles. The Hall–Kier alpha value is -1.55. The van der Waals surface area contributed by atoms with E-state index in [1.165, 1.54) is 32.1 Å². The number of rotatable bonds is 11. The van der Waals surface area contributed by atoms with Crippen LogP contribution in [0.25, 0.3) is 0 Å². The second-order valence-electron chi connectivity index (χ2n) is 5.27. The number of hydrogen-bond donors (Lipinski definition) is 2. The minimum atomic E-state index is 0.0198. The lowest BCUT2D eigenvalue weighted by molar-refractivity contribution is 0.116. The Morgan fingerprint density at radius 2 is 1.86 bits per heavy atom. The first kappa shape index (κ1) is 17.5. The van der Waals surface area contributed by atoms with Gasteiger partial charge in [-0.3, -0.25) is 5.41 Å². The Kier molecular flexibility index (Phi) is 8.51. The quantitative estimate of drug-likeness (QED) is 0.370. The SMILES string of the molecule is CCCCCCCCOCc1ccc(C(=N)N)c(OC)c1. The fourth-order valence-electron chi connectivity index (χ4n) is 2.22. The summed E-state index contributed by atoms with van der Waals surface area (Å²) in [6.07, 6.45) is 7.62. The Balaban J connectivity index is 2.28. The first-order valence-electron chi connectivity index (χ1n) is 7.78. The highest BCUT2D eigenvalue weighted by Gasteiger charge is 2.06. The van der Waals surface area contributed by atoms with E-state index in [9.17, 15) is 0 Å². The van der Waals surface area contributed by atoms with Crippen molar-refractivity contribution < 1.29 is 9.47 Å². The molecule has 0 unspecified atom stereocenters. The number of nitrogens with one attached hydrogen (secondary N) is 1. The first-order valence-corrected chi connectivity index (χ1v) is 7.78. The summed E-state index contributed by atoms with van der Waals surface area (Å²) >= 11 is 0. The van der Waals surface area contributed by atoms with Crippen molar-refractivity contribution in [3.63, 3.8) is 0 Å². The number of ether oxygens (including phenoxy) is 2. The van der Waals surface area contributed by atoms with Crippen LogP contribution in [0.4, 0.5) is 0 Å². The van der Waals surface area contributed by atoms with Crippen molar-refractivity contribution in [1.82, 2.24) is 0 Å². The maximum Gasteiger partial charge on any atom is 0.130 e. The summed E-state index contributed by atoms with van der Waals surface area (Å²) in [7, 11) is 1.59. The van der Waals surface area contributed by atoms with Crippen LogP contribution in [0.3, 0.4) is 0 Å². The summed E-state index contributed by atoms with van der Waals surface area (Å²) in [6.45, 7) is 3.60. The van der Waals surface area contributed by atoms with Gasteiger partial charge in [-0.05, 0) is 24.1 Å². The maximum atomic E-state index is 7.48. The average Bonchev–Trinajstić information content (AvgIpc) is 2.49. The highest BCUT2D eigenvalue weighted by atomic mass is 16.5. The minimum Gasteiger partial charge on any atom is -0.496 e. The van der Waals surface area contributed by atoms with Crippen LogP contribution in [0.15, 0.2) is 18.2 Å². The molecule has 21 heavy (non-hydrogen) atoms. The fourth-order valence-corrected chi connectivity index (χ4v) is 2.22. The molecule has 1 rings (SSSR count). The van der Waals surface area contributed by atoms with Gasteiger partial charge in [0.15, 0.2) is 0 Å². The molecule has 0 heterocycles. The maximum absolute atomic E-state index is 7.48. The van der Waals surface area contributed by atoms with Gasteiger partial charge in [0.1, 0.15) is 11.6 Å². The highest BCUT2D eigenvalue weighted by molar-refractivity contribution is 5.97. The van der Waals surface area contributed by atoms with E-state index in [-0.39, 0.29) is 5.84 Å². The summed E-state index contributed by atoms with van der Waals surface area (Å²) in [5, 5.41) is 7.48. The van der Waals surface area contributed by atoms with Gasteiger partial charge in [-0.25, -0.2) is 0 Å². The third-order valence-electron chi connectivity index (χ3n) is 3.47. The van der Waals surface area contributed by atoms with Crippen LogP contribution in [0.5, 0.6) is 5.75 Å². The third kappa shape index (κ3) is 6.63. The van der Waals surface area contributed by atoms with Gasteiger partial charge >= 0.3 is 0 Å². The van der Waals surface area contributed by atoms with Gasteiger partial charge in [-0.15, -0.1) is 0 Å². The van der Waals surface area contributed by atoms with E-state index in [1.54, 1.807) is 7.11 Å². The van der Waals surface area contributed by atoms with E-state index in [4.69, 9.17) is 20.6 Å². The summed E-state index contributed by atoms with van der Waals surface area (Å²) in [5.74, 6) is 0.648. The van der Waals surface area contributed by atoms with Crippen LogP contribution in [-0.4, -0.2) is 19.6 Å². The Morgan fingerprint density at radius 3 is 2.52 bits per heavy atom. The molecular formula is C17H28N2O2. The van der Waals surface area contributed by atoms with Crippen molar-refractivity contribution in [3.8, 4) is 5.75 Å². The number of unbranched alkanes of at least 4 members (excludes halogenated alkanes) is 5. The molecule has 4 nitrogen and oxygen atoms in total. The zero-order valence-electron chi connectivity index (χ0n) is 13.3. The zero-order valence-corrected chi connectivity index (χ0v) is 13.3. The van der Waals surface area contributed by atoms with Crippen molar-refractivity contribution in [2.75, 3.05) is 13.7 Å². The van der Waals surface area contributed by atoms with Crippen LogP contribution in [0, 0.1) is 5.41 Å². The zero-order chi connectivity index (χ0) is 15.5. The molecule has 0 bridgehead atoms. The van der Waals surface area contributed by atoms with Gasteiger partial charge in [0.05, 0.1) is 19.3 Å². The third-order valence-corrected chi connectivity index (χ3v) is 3.47. The standard InChI is InChI=1S/C17H28N2O2/c1-3-4-5-6-7-8-11-21-13-14-9-10-15(17(18)19)16(12-14)20-2/h9-10,12H,3-8,11,13H2,1-2H3,(H3,18,19). The summed E-state index contributed by atoms with van der Waals surface area (Å²) in [4.78, 5) is 0. The van der Waals surface area contributed by atoms with E-state index in [0.717, 1.165) is 18.6 Å². The fraction of sp³-hybridized carbons (Fsp3) is 0.588. The molecule has 4 heteroatoms. The molecule has 0 atom stereocenters. The number of benzene rings is 1. The van der Waals surface area contributed by atoms with Crippen molar-refractivity contribution in [2.24, 2.45) is 5.73 Å². The van der Waals surface area contributed by atoms with E-state index in [2.05, 4.69) is 6.92 Å². The van der Waals surface area contributed by atoms with Crippen LogP contribution in [0.1, 0.15) is 56.6 Å². The van der Waals surface area contributed by atoms with Crippen LogP contribution >= 0.6 is 0 Å². The normalized spacial score (nSPS) is 10.6. The van der Waals surface area contributed by atoms with E-state index in [0.29, 0.717) is 17.9 Å². The Morgan fingerprint density at radius 1 is 1.14 bits per heavy atom. The Labute approximate surface area is 128 Å². The Bertz CT molecular complexity index is 433.